The lowest BCUT2D eigenvalue weighted by atomic mass is 10.1. The standard InChI is InChI=1S/C20H17Cl3N2O2/c1-2-9-25(12-20(27)15-5-8-17(22)18(23)10-15)13-24-11-19(26)14-3-6-16(21)7-4-14/h2-10,13H,11-12H2,1H3/b9-2-,24-13?. The number of carbonyl (C=O) groups is 2. The van der Waals surface area contributed by atoms with Crippen LogP contribution in [0.3, 0.4) is 0 Å². The number of hydrogen-bond acceptors (Lipinski definition) is 3. The Hall–Kier alpha value is -2.14. The minimum atomic E-state index is -0.151. The number of benzene rings is 2. The van der Waals surface area contributed by atoms with Crippen LogP contribution in [0, 0.1) is 0 Å². The minimum absolute atomic E-state index is 0.0311. The third-order valence-corrected chi connectivity index (χ3v) is 4.53. The molecular weight excluding hydrogens is 407 g/mol. The molecule has 0 aliphatic heterocycles. The van der Waals surface area contributed by atoms with Crippen molar-refractivity contribution in [3.05, 3.63) is 80.9 Å². The van der Waals surface area contributed by atoms with Gasteiger partial charge in [-0.3, -0.25) is 14.6 Å². The summed E-state index contributed by atoms with van der Waals surface area (Å²) in [5.74, 6) is -0.290. The molecule has 0 heterocycles. The molecule has 0 fully saturated rings. The molecule has 0 atom stereocenters. The molecule has 4 nitrogen and oxygen atoms in total. The summed E-state index contributed by atoms with van der Waals surface area (Å²) in [4.78, 5) is 30.3. The Balaban J connectivity index is 2.00. The zero-order valence-electron chi connectivity index (χ0n) is 14.5. The Bertz CT molecular complexity index is 877. The largest absolute Gasteiger partial charge is 0.332 e. The molecule has 2 aromatic carbocycles. The fraction of sp³-hybridized carbons (Fsp3) is 0.150. The second-order valence-corrected chi connectivity index (χ2v) is 6.84. The smallest absolute Gasteiger partial charge is 0.184 e. The molecule has 140 valence electrons. The third kappa shape index (κ3) is 6.51. The predicted octanol–water partition coefficient (Wildman–Crippen LogP) is 5.58. The second kappa shape index (κ2) is 10.3. The first-order valence-electron chi connectivity index (χ1n) is 8.06. The van der Waals surface area contributed by atoms with Gasteiger partial charge in [-0.05, 0) is 49.4 Å². The summed E-state index contributed by atoms with van der Waals surface area (Å²) in [5, 5.41) is 1.28. The van der Waals surface area contributed by atoms with Crippen LogP contribution >= 0.6 is 34.8 Å². The molecule has 0 amide bonds. The Kier molecular flexibility index (Phi) is 8.04. The first-order chi connectivity index (χ1) is 12.9. The van der Waals surface area contributed by atoms with Gasteiger partial charge in [-0.25, -0.2) is 0 Å². The molecule has 0 aromatic heterocycles. The summed E-state index contributed by atoms with van der Waals surface area (Å²) in [6.45, 7) is 1.85. The van der Waals surface area contributed by atoms with Crippen LogP contribution in [0.4, 0.5) is 0 Å². The summed E-state index contributed by atoms with van der Waals surface area (Å²) in [6, 6.07) is 11.3. The van der Waals surface area contributed by atoms with E-state index >= 15 is 0 Å². The highest BCUT2D eigenvalue weighted by Gasteiger charge is 2.11. The van der Waals surface area contributed by atoms with E-state index in [9.17, 15) is 9.59 Å². The second-order valence-electron chi connectivity index (χ2n) is 5.59. The van der Waals surface area contributed by atoms with Gasteiger partial charge >= 0.3 is 0 Å². The van der Waals surface area contributed by atoms with E-state index in [4.69, 9.17) is 34.8 Å². The summed E-state index contributed by atoms with van der Waals surface area (Å²) in [6.07, 6.45) is 4.93. The normalized spacial score (nSPS) is 11.3. The number of nitrogens with zero attached hydrogens (tertiary/aromatic N) is 2. The molecule has 0 aliphatic rings. The summed E-state index contributed by atoms with van der Waals surface area (Å²) in [5.41, 5.74) is 0.977. The van der Waals surface area contributed by atoms with E-state index in [-0.39, 0.29) is 24.7 Å². The number of hydrogen-bond donors (Lipinski definition) is 0. The molecular formula is C20H17Cl3N2O2. The van der Waals surface area contributed by atoms with E-state index < -0.39 is 0 Å². The SMILES string of the molecule is C/C=C\N(C=NCC(=O)c1ccc(Cl)cc1)CC(=O)c1ccc(Cl)c(Cl)c1. The lowest BCUT2D eigenvalue weighted by Crippen LogP contribution is -2.24. The lowest BCUT2D eigenvalue weighted by Gasteiger charge is -2.13. The molecule has 0 unspecified atom stereocenters. The molecule has 0 N–H and O–H groups in total. The van der Waals surface area contributed by atoms with Crippen molar-refractivity contribution in [1.29, 1.82) is 0 Å². The van der Waals surface area contributed by atoms with Gasteiger partial charge in [0.2, 0.25) is 0 Å². The molecule has 0 spiro atoms. The highest BCUT2D eigenvalue weighted by Crippen LogP contribution is 2.22. The molecule has 0 radical (unpaired) electrons. The molecule has 0 bridgehead atoms. The molecule has 2 aromatic rings. The van der Waals surface area contributed by atoms with Gasteiger partial charge in [0, 0.05) is 22.3 Å². The van der Waals surface area contributed by atoms with E-state index in [1.807, 2.05) is 6.92 Å². The first-order valence-corrected chi connectivity index (χ1v) is 9.19. The maximum atomic E-state index is 12.4. The van der Waals surface area contributed by atoms with Crippen LogP contribution in [-0.4, -0.2) is 35.9 Å². The van der Waals surface area contributed by atoms with E-state index in [1.165, 1.54) is 12.4 Å². The molecule has 0 saturated heterocycles. The van der Waals surface area contributed by atoms with Crippen molar-refractivity contribution >= 4 is 52.7 Å². The highest BCUT2D eigenvalue weighted by molar-refractivity contribution is 6.42. The van der Waals surface area contributed by atoms with Crippen LogP contribution in [0.15, 0.2) is 59.7 Å². The van der Waals surface area contributed by atoms with Crippen molar-refractivity contribution < 1.29 is 9.59 Å². The van der Waals surface area contributed by atoms with Gasteiger partial charge in [0.05, 0.1) is 22.9 Å². The summed E-state index contributed by atoms with van der Waals surface area (Å²) >= 11 is 17.6. The van der Waals surface area contributed by atoms with E-state index in [2.05, 4.69) is 4.99 Å². The van der Waals surface area contributed by atoms with Gasteiger partial charge < -0.3 is 4.90 Å². The van der Waals surface area contributed by atoms with Crippen molar-refractivity contribution in [2.45, 2.75) is 6.92 Å². The summed E-state index contributed by atoms with van der Waals surface area (Å²) in [7, 11) is 0. The van der Waals surface area contributed by atoms with Crippen LogP contribution in [0.1, 0.15) is 27.6 Å². The Labute approximate surface area is 173 Å². The van der Waals surface area contributed by atoms with E-state index in [1.54, 1.807) is 53.6 Å². The lowest BCUT2D eigenvalue weighted by molar-refractivity contribution is 0.0975. The number of carbonyl (C=O) groups excluding carboxylic acids is 2. The van der Waals surface area contributed by atoms with Gasteiger partial charge in [0.25, 0.3) is 0 Å². The van der Waals surface area contributed by atoms with Gasteiger partial charge in [-0.2, -0.15) is 0 Å². The fourth-order valence-corrected chi connectivity index (χ4v) is 2.63. The average Bonchev–Trinajstić information content (AvgIpc) is 2.64. The monoisotopic (exact) mass is 422 g/mol. The van der Waals surface area contributed by atoms with Crippen LogP contribution in [-0.2, 0) is 0 Å². The predicted molar refractivity (Wildman–Crippen MR) is 111 cm³/mol. The third-order valence-electron chi connectivity index (χ3n) is 3.54. The maximum Gasteiger partial charge on any atom is 0.184 e. The van der Waals surface area contributed by atoms with Crippen LogP contribution in [0.25, 0.3) is 0 Å². The van der Waals surface area contributed by atoms with E-state index in [0.29, 0.717) is 26.2 Å². The van der Waals surface area contributed by atoms with Gasteiger partial charge in [0.15, 0.2) is 11.6 Å². The Morgan fingerprint density at radius 2 is 1.63 bits per heavy atom. The van der Waals surface area contributed by atoms with Crippen molar-refractivity contribution in [2.24, 2.45) is 4.99 Å². The minimum Gasteiger partial charge on any atom is -0.332 e. The number of allylic oxidation sites excluding steroid dienone is 1. The summed E-state index contributed by atoms with van der Waals surface area (Å²) < 4.78 is 0. The molecule has 7 heteroatoms. The van der Waals surface area contributed by atoms with Gasteiger partial charge in [-0.15, -0.1) is 0 Å². The number of aliphatic imine (C=N–C) groups is 1. The topological polar surface area (TPSA) is 49.7 Å². The molecule has 2 rings (SSSR count). The van der Waals surface area contributed by atoms with Crippen LogP contribution in [0.2, 0.25) is 15.1 Å². The first kappa shape index (κ1) is 21.2. The molecule has 27 heavy (non-hydrogen) atoms. The number of Topliss-reactive ketones (excluding diaryl/α,β-unsaturated/α-hetero) is 2. The fourth-order valence-electron chi connectivity index (χ4n) is 2.21. The van der Waals surface area contributed by atoms with Crippen molar-refractivity contribution in [1.82, 2.24) is 4.90 Å². The highest BCUT2D eigenvalue weighted by atomic mass is 35.5. The van der Waals surface area contributed by atoms with Crippen molar-refractivity contribution in [3.63, 3.8) is 0 Å². The Morgan fingerprint density at radius 3 is 2.26 bits per heavy atom. The molecule has 0 saturated carbocycles. The van der Waals surface area contributed by atoms with Crippen LogP contribution < -0.4 is 0 Å². The zero-order valence-corrected chi connectivity index (χ0v) is 16.8. The van der Waals surface area contributed by atoms with Gasteiger partial charge in [-0.1, -0.05) is 40.9 Å². The Morgan fingerprint density at radius 1 is 0.963 bits per heavy atom. The molecule has 0 aliphatic carbocycles. The number of ketones is 2. The van der Waals surface area contributed by atoms with E-state index in [0.717, 1.165) is 0 Å². The average molecular weight is 424 g/mol. The van der Waals surface area contributed by atoms with Crippen molar-refractivity contribution in [3.8, 4) is 0 Å². The quantitative estimate of drug-likeness (QED) is 0.316. The zero-order chi connectivity index (χ0) is 19.8. The maximum absolute atomic E-state index is 12.4. The van der Waals surface area contributed by atoms with Crippen LogP contribution in [0.5, 0.6) is 0 Å². The van der Waals surface area contributed by atoms with Crippen molar-refractivity contribution in [2.75, 3.05) is 13.1 Å². The van der Waals surface area contributed by atoms with Gasteiger partial charge in [0.1, 0.15) is 6.54 Å². The number of halogens is 3. The number of rotatable bonds is 8.